The molecule has 6 nitrogen and oxygen atoms in total. The van der Waals surface area contributed by atoms with E-state index in [2.05, 4.69) is 15.7 Å². The lowest BCUT2D eigenvalue weighted by molar-refractivity contribution is -0.119. The van der Waals surface area contributed by atoms with Crippen molar-refractivity contribution in [2.75, 3.05) is 32.1 Å². The minimum Gasteiger partial charge on any atom is -0.358 e. The summed E-state index contributed by atoms with van der Waals surface area (Å²) in [6, 6.07) is 0. The van der Waals surface area contributed by atoms with Crippen LogP contribution in [0.25, 0.3) is 0 Å². The van der Waals surface area contributed by atoms with Crippen molar-refractivity contribution in [3.63, 3.8) is 0 Å². The van der Waals surface area contributed by atoms with Crippen molar-refractivity contribution in [3.05, 3.63) is 11.3 Å². The molecule has 0 spiro atoms. The smallest absolute Gasteiger partial charge is 0.239 e. The van der Waals surface area contributed by atoms with E-state index >= 15 is 0 Å². The molecule has 2 N–H and O–H groups in total. The monoisotopic (exact) mass is 253 g/mol. The number of anilines is 1. The molecular formula is C12H23N5O. The van der Waals surface area contributed by atoms with Crippen molar-refractivity contribution in [2.24, 2.45) is 7.05 Å². The van der Waals surface area contributed by atoms with Gasteiger partial charge in [-0.25, -0.2) is 0 Å². The third-order valence-corrected chi connectivity index (χ3v) is 2.96. The molecule has 0 saturated heterocycles. The number of likely N-dealkylation sites (N-methyl/N-ethyl adjacent to an activating group) is 2. The fourth-order valence-electron chi connectivity index (χ4n) is 2.06. The first-order chi connectivity index (χ1) is 8.54. The molecule has 1 amide bonds. The molecule has 0 radical (unpaired) electrons. The lowest BCUT2D eigenvalue weighted by Crippen LogP contribution is -2.37. The van der Waals surface area contributed by atoms with Gasteiger partial charge in [-0.05, 0) is 20.9 Å². The van der Waals surface area contributed by atoms with Crippen LogP contribution in [-0.2, 0) is 18.4 Å². The first-order valence-corrected chi connectivity index (χ1v) is 6.17. The molecule has 0 bridgehead atoms. The second kappa shape index (κ2) is 6.39. The molecule has 0 fully saturated rings. The Morgan fingerprint density at radius 2 is 2.11 bits per heavy atom. The number of amides is 1. The normalized spacial score (nSPS) is 10.5. The van der Waals surface area contributed by atoms with E-state index in [1.807, 2.05) is 37.5 Å². The van der Waals surface area contributed by atoms with Crippen LogP contribution in [0, 0.1) is 6.92 Å². The van der Waals surface area contributed by atoms with Crippen LogP contribution in [0.5, 0.6) is 0 Å². The first-order valence-electron chi connectivity index (χ1n) is 6.17. The number of aryl methyl sites for hydroxylation is 2. The topological polar surface area (TPSA) is 62.2 Å². The Morgan fingerprint density at radius 1 is 1.44 bits per heavy atom. The van der Waals surface area contributed by atoms with Gasteiger partial charge in [0, 0.05) is 32.7 Å². The predicted octanol–water partition coefficient (Wildman–Crippen LogP) is 0.0202. The fraction of sp³-hybridized carbons (Fsp3) is 0.667. The number of nitrogens with zero attached hydrogens (tertiary/aromatic N) is 3. The quantitative estimate of drug-likeness (QED) is 0.750. The number of rotatable bonds is 6. The Labute approximate surface area is 108 Å². The van der Waals surface area contributed by atoms with E-state index in [1.165, 1.54) is 0 Å². The molecule has 0 atom stereocenters. The Bertz CT molecular complexity index is 413. The van der Waals surface area contributed by atoms with E-state index in [0.29, 0.717) is 6.54 Å². The highest BCUT2D eigenvalue weighted by Crippen LogP contribution is 2.22. The summed E-state index contributed by atoms with van der Waals surface area (Å²) in [5.41, 5.74) is 2.14. The van der Waals surface area contributed by atoms with Crippen molar-refractivity contribution in [1.29, 1.82) is 0 Å². The summed E-state index contributed by atoms with van der Waals surface area (Å²) < 4.78 is 1.84. The van der Waals surface area contributed by atoms with Gasteiger partial charge in [0.15, 0.2) is 0 Å². The van der Waals surface area contributed by atoms with Gasteiger partial charge < -0.3 is 15.5 Å². The van der Waals surface area contributed by atoms with Crippen LogP contribution in [0.2, 0.25) is 0 Å². The number of aromatic nitrogens is 2. The van der Waals surface area contributed by atoms with Gasteiger partial charge in [-0.2, -0.15) is 5.10 Å². The van der Waals surface area contributed by atoms with Crippen molar-refractivity contribution >= 4 is 11.7 Å². The molecule has 6 heteroatoms. The second-order valence-electron chi connectivity index (χ2n) is 4.23. The fourth-order valence-corrected chi connectivity index (χ4v) is 2.06. The largest absolute Gasteiger partial charge is 0.358 e. The van der Waals surface area contributed by atoms with Gasteiger partial charge in [-0.1, -0.05) is 0 Å². The summed E-state index contributed by atoms with van der Waals surface area (Å²) >= 11 is 0. The number of carbonyl (C=O) groups is 1. The van der Waals surface area contributed by atoms with E-state index in [0.717, 1.165) is 30.2 Å². The molecule has 0 unspecified atom stereocenters. The second-order valence-corrected chi connectivity index (χ2v) is 4.23. The lowest BCUT2D eigenvalue weighted by Gasteiger charge is -2.23. The highest BCUT2D eigenvalue weighted by molar-refractivity contribution is 5.81. The summed E-state index contributed by atoms with van der Waals surface area (Å²) in [7, 11) is 5.47. The molecule has 0 aromatic carbocycles. The zero-order chi connectivity index (χ0) is 13.7. The Morgan fingerprint density at radius 3 is 2.61 bits per heavy atom. The Hall–Kier alpha value is -1.56. The van der Waals surface area contributed by atoms with Gasteiger partial charge in [0.05, 0.1) is 12.2 Å². The van der Waals surface area contributed by atoms with E-state index in [-0.39, 0.29) is 5.91 Å². The summed E-state index contributed by atoms with van der Waals surface area (Å²) in [5.74, 6) is 1.01. The number of hydrogen-bond acceptors (Lipinski definition) is 4. The highest BCUT2D eigenvalue weighted by atomic mass is 16.1. The molecule has 102 valence electrons. The van der Waals surface area contributed by atoms with Crippen LogP contribution < -0.4 is 15.5 Å². The van der Waals surface area contributed by atoms with Crippen LogP contribution in [0.4, 0.5) is 5.82 Å². The molecule has 0 saturated carbocycles. The molecule has 1 heterocycles. The van der Waals surface area contributed by atoms with Gasteiger partial charge in [-0.15, -0.1) is 0 Å². The lowest BCUT2D eigenvalue weighted by atomic mass is 10.2. The van der Waals surface area contributed by atoms with Gasteiger partial charge in [0.25, 0.3) is 0 Å². The average Bonchev–Trinajstić information content (AvgIpc) is 2.62. The first kappa shape index (κ1) is 14.5. The molecule has 1 aromatic rings. The van der Waals surface area contributed by atoms with Crippen molar-refractivity contribution in [2.45, 2.75) is 20.4 Å². The summed E-state index contributed by atoms with van der Waals surface area (Å²) in [5, 5.41) is 10.2. The summed E-state index contributed by atoms with van der Waals surface area (Å²) in [6.07, 6.45) is 0. The molecule has 0 aliphatic heterocycles. The van der Waals surface area contributed by atoms with Crippen molar-refractivity contribution < 1.29 is 4.79 Å². The molecule has 1 aromatic heterocycles. The number of nitrogens with one attached hydrogen (secondary N) is 2. The van der Waals surface area contributed by atoms with Crippen molar-refractivity contribution in [1.82, 2.24) is 20.4 Å². The van der Waals surface area contributed by atoms with E-state index in [1.54, 1.807) is 7.05 Å². The summed E-state index contributed by atoms with van der Waals surface area (Å²) in [6.45, 7) is 5.89. The third-order valence-electron chi connectivity index (χ3n) is 2.96. The number of carbonyl (C=O) groups excluding carboxylic acids is 1. The third kappa shape index (κ3) is 3.01. The Balaban J connectivity index is 3.07. The average molecular weight is 253 g/mol. The standard InChI is InChI=1S/C12H23N5O/c1-6-17(8-11(18)14-4)12-10(7-13-3)9(2)15-16(12)5/h13H,6-8H2,1-5H3,(H,14,18). The minimum absolute atomic E-state index is 0.00566. The predicted molar refractivity (Wildman–Crippen MR) is 72.7 cm³/mol. The van der Waals surface area contributed by atoms with Gasteiger partial charge >= 0.3 is 0 Å². The van der Waals surface area contributed by atoms with Crippen LogP contribution in [-0.4, -0.2) is 42.9 Å². The zero-order valence-electron chi connectivity index (χ0n) is 11.9. The molecule has 1 rings (SSSR count). The van der Waals surface area contributed by atoms with Gasteiger partial charge in [0.1, 0.15) is 5.82 Å². The highest BCUT2D eigenvalue weighted by Gasteiger charge is 2.19. The van der Waals surface area contributed by atoms with Crippen LogP contribution in [0.15, 0.2) is 0 Å². The maximum absolute atomic E-state index is 11.5. The van der Waals surface area contributed by atoms with Crippen LogP contribution in [0.1, 0.15) is 18.2 Å². The van der Waals surface area contributed by atoms with Crippen LogP contribution >= 0.6 is 0 Å². The van der Waals surface area contributed by atoms with Crippen molar-refractivity contribution in [3.8, 4) is 0 Å². The molecule has 0 aliphatic rings. The van der Waals surface area contributed by atoms with E-state index in [4.69, 9.17) is 0 Å². The van der Waals surface area contributed by atoms with E-state index in [9.17, 15) is 4.79 Å². The Kier molecular flexibility index (Phi) is 5.15. The summed E-state index contributed by atoms with van der Waals surface area (Å²) in [4.78, 5) is 13.6. The van der Waals surface area contributed by atoms with Crippen LogP contribution in [0.3, 0.4) is 0 Å². The van der Waals surface area contributed by atoms with Gasteiger partial charge in [0.2, 0.25) is 5.91 Å². The molecule has 0 aliphatic carbocycles. The minimum atomic E-state index is 0.00566. The maximum Gasteiger partial charge on any atom is 0.239 e. The maximum atomic E-state index is 11.5. The number of hydrogen-bond donors (Lipinski definition) is 2. The SMILES string of the molecule is CCN(CC(=O)NC)c1c(CNC)c(C)nn1C. The zero-order valence-corrected chi connectivity index (χ0v) is 11.9. The van der Waals surface area contributed by atoms with E-state index < -0.39 is 0 Å². The molecular weight excluding hydrogens is 230 g/mol. The molecule has 18 heavy (non-hydrogen) atoms. The van der Waals surface area contributed by atoms with Gasteiger partial charge in [-0.3, -0.25) is 9.48 Å².